The van der Waals surface area contributed by atoms with Gasteiger partial charge in [0.1, 0.15) is 5.37 Å². The van der Waals surface area contributed by atoms with Crippen molar-refractivity contribution < 1.29 is 28.7 Å². The van der Waals surface area contributed by atoms with Crippen molar-refractivity contribution in [2.75, 3.05) is 24.2 Å². The number of alkyl halides is 1. The maximum Gasteiger partial charge on any atom is 0.334 e. The van der Waals surface area contributed by atoms with Crippen LogP contribution in [0.2, 0.25) is 0 Å². The molecule has 10 nitrogen and oxygen atoms in total. The normalized spacial score (nSPS) is 12.2. The van der Waals surface area contributed by atoms with E-state index < -0.39 is 23.3 Å². The number of halogens is 1. The topological polar surface area (TPSA) is 157 Å². The number of unbranched alkanes of at least 4 members (excludes halogenated alkanes) is 1. The average molecular weight is 523 g/mol. The number of urea groups is 1. The molecule has 12 heteroatoms. The molecule has 0 saturated carbocycles. The van der Waals surface area contributed by atoms with E-state index in [1.54, 1.807) is 6.92 Å². The summed E-state index contributed by atoms with van der Waals surface area (Å²) in [5, 5.41) is 7.00. The summed E-state index contributed by atoms with van der Waals surface area (Å²) in [6.07, 6.45) is 1.81. The van der Waals surface area contributed by atoms with Gasteiger partial charge in [-0.3, -0.25) is 14.4 Å². The zero-order valence-corrected chi connectivity index (χ0v) is 20.2. The first-order valence-electron chi connectivity index (χ1n) is 9.73. The maximum atomic E-state index is 12.0. The van der Waals surface area contributed by atoms with Crippen LogP contribution in [0.15, 0.2) is 12.2 Å². The minimum Gasteiger partial charge on any atom is -0.459 e. The van der Waals surface area contributed by atoms with E-state index in [1.807, 2.05) is 0 Å². The van der Waals surface area contributed by atoms with E-state index in [2.05, 4.69) is 38.5 Å². The van der Waals surface area contributed by atoms with Gasteiger partial charge in [-0.2, -0.15) is 0 Å². The molecule has 5 N–H and O–H groups in total. The van der Waals surface area contributed by atoms with Gasteiger partial charge in [-0.1, -0.05) is 22.5 Å². The summed E-state index contributed by atoms with van der Waals surface area (Å²) in [5.41, 5.74) is 5.30. The molecule has 31 heavy (non-hydrogen) atoms. The smallest absolute Gasteiger partial charge is 0.334 e. The molecule has 2 unspecified atom stereocenters. The summed E-state index contributed by atoms with van der Waals surface area (Å²) in [7, 11) is 0. The number of esters is 1. The van der Waals surface area contributed by atoms with Crippen LogP contribution in [-0.2, 0) is 23.9 Å². The fourth-order valence-corrected chi connectivity index (χ4v) is 3.31. The van der Waals surface area contributed by atoms with Crippen LogP contribution in [0.5, 0.6) is 0 Å². The van der Waals surface area contributed by atoms with E-state index >= 15 is 0 Å². The molecule has 0 aromatic carbocycles. The number of Topliss-reactive ketones (excluding diaryl/α,β-unsaturated/α-hetero) is 1. The quantitative estimate of drug-likeness (QED) is 0.0772. The number of nitrogens with two attached hydrogens (primary N) is 1. The summed E-state index contributed by atoms with van der Waals surface area (Å²) < 4.78 is 5.21. The lowest BCUT2D eigenvalue weighted by atomic mass is 10.1. The van der Waals surface area contributed by atoms with Gasteiger partial charge in [-0.25, -0.2) is 9.59 Å². The van der Waals surface area contributed by atoms with Gasteiger partial charge in [-0.05, 0) is 33.1 Å². The van der Waals surface area contributed by atoms with Gasteiger partial charge in [0.05, 0.1) is 12.6 Å². The van der Waals surface area contributed by atoms with E-state index in [9.17, 15) is 24.0 Å². The van der Waals surface area contributed by atoms with Gasteiger partial charge in [-0.15, -0.1) is 11.8 Å². The molecule has 0 radical (unpaired) electrons. The third-order valence-corrected chi connectivity index (χ3v) is 5.72. The molecule has 0 rings (SSSR count). The molecule has 0 aliphatic heterocycles. The number of ketones is 1. The Morgan fingerprint density at radius 1 is 1.13 bits per heavy atom. The second-order valence-corrected chi connectivity index (χ2v) is 8.47. The standard InChI is InChI=1S/C19H31BrN4O6S/c1-12(10-20)18(28)30-13(2)6-4-5-7-15(26)23-11-16(27)24-17(14(3)25)31-9-8-22-19(21)29/h13,17H,1,4-11H2,2-3H3,(H,23,26)(H,24,27)(H3,21,22,29). The number of rotatable bonds is 16. The molecule has 4 amide bonds. The monoisotopic (exact) mass is 522 g/mol. The summed E-state index contributed by atoms with van der Waals surface area (Å²) in [4.78, 5) is 57.7. The molecule has 0 heterocycles. The van der Waals surface area contributed by atoms with Gasteiger partial charge >= 0.3 is 12.0 Å². The predicted molar refractivity (Wildman–Crippen MR) is 123 cm³/mol. The molecule has 0 aliphatic carbocycles. The summed E-state index contributed by atoms with van der Waals surface area (Å²) in [6.45, 7) is 6.72. The Hall–Kier alpha value is -2.08. The number of hydrogen-bond donors (Lipinski definition) is 4. The number of ether oxygens (including phenoxy) is 1. The van der Waals surface area contributed by atoms with Crippen molar-refractivity contribution >= 4 is 57.3 Å². The Morgan fingerprint density at radius 3 is 2.39 bits per heavy atom. The highest BCUT2D eigenvalue weighted by molar-refractivity contribution is 9.09. The lowest BCUT2D eigenvalue weighted by molar-refractivity contribution is -0.143. The minimum absolute atomic E-state index is 0.228. The van der Waals surface area contributed by atoms with Crippen LogP contribution in [0.25, 0.3) is 0 Å². The molecule has 0 bridgehead atoms. The molecule has 0 fully saturated rings. The summed E-state index contributed by atoms with van der Waals surface area (Å²) in [6, 6.07) is -0.664. The number of carbonyl (C=O) groups excluding carboxylic acids is 5. The van der Waals surface area contributed by atoms with E-state index in [1.165, 1.54) is 6.92 Å². The highest BCUT2D eigenvalue weighted by atomic mass is 79.9. The number of nitrogens with one attached hydrogen (secondary N) is 3. The van der Waals surface area contributed by atoms with Crippen LogP contribution >= 0.6 is 27.7 Å². The molecule has 0 aliphatic rings. The third kappa shape index (κ3) is 15.4. The molecule has 0 aromatic rings. The van der Waals surface area contributed by atoms with E-state index in [4.69, 9.17) is 10.5 Å². The number of thioether (sulfide) groups is 1. The highest BCUT2D eigenvalue weighted by Gasteiger charge is 2.18. The molecule has 0 aromatic heterocycles. The fourth-order valence-electron chi connectivity index (χ4n) is 2.17. The molecule has 0 spiro atoms. The van der Waals surface area contributed by atoms with E-state index in [0.29, 0.717) is 35.9 Å². The summed E-state index contributed by atoms with van der Waals surface area (Å²) in [5.74, 6) is -1.09. The second kappa shape index (κ2) is 16.6. The van der Waals surface area contributed by atoms with Crippen molar-refractivity contribution in [1.29, 1.82) is 0 Å². The number of hydrogen-bond acceptors (Lipinski definition) is 7. The van der Waals surface area contributed by atoms with Gasteiger partial charge in [0.25, 0.3) is 0 Å². The first-order valence-corrected chi connectivity index (χ1v) is 11.9. The molecule has 0 saturated heterocycles. The Balaban J connectivity index is 4.04. The Bertz CT molecular complexity index is 661. The van der Waals surface area contributed by atoms with Gasteiger partial charge < -0.3 is 26.4 Å². The predicted octanol–water partition coefficient (Wildman–Crippen LogP) is 0.979. The number of amides is 4. The van der Waals surface area contributed by atoms with Crippen LogP contribution in [0.3, 0.4) is 0 Å². The van der Waals surface area contributed by atoms with Crippen LogP contribution in [0.1, 0.15) is 39.5 Å². The van der Waals surface area contributed by atoms with E-state index in [-0.39, 0.29) is 37.3 Å². The molecular weight excluding hydrogens is 492 g/mol. The van der Waals surface area contributed by atoms with Crippen LogP contribution in [0, 0.1) is 0 Å². The van der Waals surface area contributed by atoms with Crippen LogP contribution < -0.4 is 21.7 Å². The minimum atomic E-state index is -0.774. The zero-order chi connectivity index (χ0) is 23.8. The van der Waals surface area contributed by atoms with Crippen molar-refractivity contribution in [1.82, 2.24) is 16.0 Å². The average Bonchev–Trinajstić information content (AvgIpc) is 2.70. The lowest BCUT2D eigenvalue weighted by Gasteiger charge is -2.16. The molecule has 2 atom stereocenters. The van der Waals surface area contributed by atoms with Crippen molar-refractivity contribution in [3.63, 3.8) is 0 Å². The van der Waals surface area contributed by atoms with E-state index in [0.717, 1.165) is 11.8 Å². The van der Waals surface area contributed by atoms with Crippen LogP contribution in [-0.4, -0.2) is 65.2 Å². The second-order valence-electron chi connectivity index (χ2n) is 6.70. The zero-order valence-electron chi connectivity index (χ0n) is 17.8. The first kappa shape index (κ1) is 28.9. The SMILES string of the molecule is C=C(CBr)C(=O)OC(C)CCCCC(=O)NCC(=O)NC(SCCNC(N)=O)C(C)=O. The van der Waals surface area contributed by atoms with Crippen LogP contribution in [0.4, 0.5) is 4.79 Å². The van der Waals surface area contributed by atoms with Crippen molar-refractivity contribution in [2.45, 2.75) is 51.0 Å². The van der Waals surface area contributed by atoms with Gasteiger partial charge in [0.15, 0.2) is 5.78 Å². The largest absolute Gasteiger partial charge is 0.459 e. The first-order chi connectivity index (χ1) is 14.6. The van der Waals surface area contributed by atoms with Crippen molar-refractivity contribution in [3.8, 4) is 0 Å². The van der Waals surface area contributed by atoms with Gasteiger partial charge in [0.2, 0.25) is 11.8 Å². The molecular formula is C19H31BrN4O6S. The Kier molecular flexibility index (Phi) is 15.5. The Labute approximate surface area is 195 Å². The van der Waals surface area contributed by atoms with Crippen molar-refractivity contribution in [2.24, 2.45) is 5.73 Å². The third-order valence-electron chi connectivity index (χ3n) is 3.82. The number of primary amides is 1. The Morgan fingerprint density at radius 2 is 1.81 bits per heavy atom. The maximum absolute atomic E-state index is 12.0. The highest BCUT2D eigenvalue weighted by Crippen LogP contribution is 2.10. The lowest BCUT2D eigenvalue weighted by Crippen LogP contribution is -2.44. The number of carbonyl (C=O) groups is 5. The van der Waals surface area contributed by atoms with Gasteiger partial charge in [0, 0.05) is 29.6 Å². The van der Waals surface area contributed by atoms with Crippen molar-refractivity contribution in [3.05, 3.63) is 12.2 Å². The fraction of sp³-hybridized carbons (Fsp3) is 0.632. The molecule has 176 valence electrons. The summed E-state index contributed by atoms with van der Waals surface area (Å²) >= 11 is 4.29.